The minimum Gasteiger partial charge on any atom is -0.422 e. The van der Waals surface area contributed by atoms with Gasteiger partial charge in [-0.2, -0.15) is 0 Å². The monoisotopic (exact) mass is 232 g/mol. The van der Waals surface area contributed by atoms with Gasteiger partial charge in [0.25, 0.3) is 0 Å². The molecule has 0 spiro atoms. The molecule has 1 aliphatic carbocycles. The van der Waals surface area contributed by atoms with E-state index in [2.05, 4.69) is 15.9 Å². The number of allylic oxidation sites excluding steroid dienone is 2. The number of ketones is 1. The van der Waals surface area contributed by atoms with Crippen LogP contribution in [0.2, 0.25) is 0 Å². The van der Waals surface area contributed by atoms with Crippen molar-refractivity contribution < 1.29 is 14.3 Å². The quantitative estimate of drug-likeness (QED) is 0.649. The predicted octanol–water partition coefficient (Wildman–Crippen LogP) is 1.91. The van der Waals surface area contributed by atoms with Crippen LogP contribution in [0.5, 0.6) is 0 Å². The van der Waals surface area contributed by atoms with E-state index in [0.29, 0.717) is 10.9 Å². The summed E-state index contributed by atoms with van der Waals surface area (Å²) in [7, 11) is 0. The van der Waals surface area contributed by atoms with E-state index >= 15 is 0 Å². The highest BCUT2D eigenvalue weighted by atomic mass is 79.9. The van der Waals surface area contributed by atoms with Crippen molar-refractivity contribution in [3.63, 3.8) is 0 Å². The summed E-state index contributed by atoms with van der Waals surface area (Å²) in [6.07, 6.45) is 2.07. The zero-order chi connectivity index (χ0) is 9.14. The number of hydrogen-bond acceptors (Lipinski definition) is 3. The average molecular weight is 233 g/mol. The first-order chi connectivity index (χ1) is 5.61. The lowest BCUT2D eigenvalue weighted by Gasteiger charge is -2.13. The molecule has 0 bridgehead atoms. The van der Waals surface area contributed by atoms with Crippen LogP contribution >= 0.6 is 15.9 Å². The minimum absolute atomic E-state index is 0.0941. The number of rotatable bonds is 1. The summed E-state index contributed by atoms with van der Waals surface area (Å²) in [5.74, 6) is -0.353. The molecule has 4 heteroatoms. The van der Waals surface area contributed by atoms with Crippen LogP contribution in [0, 0.1) is 0 Å². The predicted molar refractivity (Wildman–Crippen MR) is 46.6 cm³/mol. The highest BCUT2D eigenvalue weighted by molar-refractivity contribution is 9.11. The molecule has 0 fully saturated rings. The number of carbonyl (C=O) groups excluding carboxylic acids is 2. The molecule has 0 aromatic carbocycles. The second-order valence-electron chi connectivity index (χ2n) is 2.60. The maximum absolute atomic E-state index is 11.2. The lowest BCUT2D eigenvalue weighted by molar-refractivity contribution is -0.140. The van der Waals surface area contributed by atoms with E-state index < -0.39 is 5.97 Å². The third-order valence-corrected chi connectivity index (χ3v) is 2.30. The lowest BCUT2D eigenvalue weighted by atomic mass is 10.1. The Hall–Kier alpha value is -0.640. The second kappa shape index (κ2) is 3.85. The summed E-state index contributed by atoms with van der Waals surface area (Å²) in [6.45, 7) is 1.29. The SMILES string of the molecule is CC(=O)OC1=C(Br)CCCC1=O. The molecule has 0 amide bonds. The number of halogens is 1. The topological polar surface area (TPSA) is 43.4 Å². The third-order valence-electron chi connectivity index (χ3n) is 1.55. The molecule has 0 radical (unpaired) electrons. The van der Waals surface area contributed by atoms with E-state index in [-0.39, 0.29) is 11.5 Å². The average Bonchev–Trinajstić information content (AvgIpc) is 1.97. The molecule has 1 aliphatic rings. The fraction of sp³-hybridized carbons (Fsp3) is 0.500. The molecule has 3 nitrogen and oxygen atoms in total. The molecule has 0 atom stereocenters. The van der Waals surface area contributed by atoms with Crippen LogP contribution in [0.15, 0.2) is 10.2 Å². The molecule has 0 aromatic rings. The van der Waals surface area contributed by atoms with Gasteiger partial charge in [0.1, 0.15) is 0 Å². The zero-order valence-electron chi connectivity index (χ0n) is 6.72. The molecule has 0 saturated heterocycles. The molecule has 0 aliphatic heterocycles. The van der Waals surface area contributed by atoms with Crippen molar-refractivity contribution in [1.82, 2.24) is 0 Å². The molecule has 0 saturated carbocycles. The van der Waals surface area contributed by atoms with Crippen molar-refractivity contribution in [2.24, 2.45) is 0 Å². The summed E-state index contributed by atoms with van der Waals surface area (Å²) in [5.41, 5.74) is 0. The van der Waals surface area contributed by atoms with Gasteiger partial charge in [-0.1, -0.05) is 15.9 Å². The lowest BCUT2D eigenvalue weighted by Crippen LogP contribution is -2.14. The van der Waals surface area contributed by atoms with Gasteiger partial charge in [-0.05, 0) is 12.8 Å². The normalized spacial score (nSPS) is 18.0. The maximum atomic E-state index is 11.2. The van der Waals surface area contributed by atoms with Crippen molar-refractivity contribution in [2.75, 3.05) is 0 Å². The number of carbonyl (C=O) groups is 2. The Morgan fingerprint density at radius 1 is 1.50 bits per heavy atom. The van der Waals surface area contributed by atoms with Crippen LogP contribution in [-0.2, 0) is 14.3 Å². The Morgan fingerprint density at radius 2 is 2.17 bits per heavy atom. The molecule has 12 heavy (non-hydrogen) atoms. The molecule has 66 valence electrons. The molecular formula is C8H9BrO3. The van der Waals surface area contributed by atoms with Crippen LogP contribution in [0.25, 0.3) is 0 Å². The number of ether oxygens (including phenoxy) is 1. The Bertz CT molecular complexity index is 255. The van der Waals surface area contributed by atoms with E-state index in [1.165, 1.54) is 6.92 Å². The largest absolute Gasteiger partial charge is 0.422 e. The first-order valence-electron chi connectivity index (χ1n) is 3.71. The zero-order valence-corrected chi connectivity index (χ0v) is 8.31. The van der Waals surface area contributed by atoms with Crippen LogP contribution in [0.3, 0.4) is 0 Å². The smallest absolute Gasteiger partial charge is 0.308 e. The standard InChI is InChI=1S/C8H9BrO3/c1-5(10)12-8-6(9)3-2-4-7(8)11/h2-4H2,1H3. The van der Waals surface area contributed by atoms with Gasteiger partial charge in [-0.3, -0.25) is 9.59 Å². The maximum Gasteiger partial charge on any atom is 0.308 e. The van der Waals surface area contributed by atoms with E-state index in [1.807, 2.05) is 0 Å². The first-order valence-corrected chi connectivity index (χ1v) is 4.51. The summed E-state index contributed by atoms with van der Waals surface area (Å²) >= 11 is 3.21. The van der Waals surface area contributed by atoms with Crippen LogP contribution < -0.4 is 0 Å². The Labute approximate surface area is 78.9 Å². The van der Waals surface area contributed by atoms with E-state index in [0.717, 1.165) is 12.8 Å². The molecular weight excluding hydrogens is 224 g/mol. The Kier molecular flexibility index (Phi) is 3.03. The van der Waals surface area contributed by atoms with Gasteiger partial charge in [0.15, 0.2) is 11.5 Å². The van der Waals surface area contributed by atoms with Gasteiger partial charge in [-0.25, -0.2) is 0 Å². The van der Waals surface area contributed by atoms with Gasteiger partial charge in [0, 0.05) is 17.8 Å². The first kappa shape index (κ1) is 9.45. The third kappa shape index (κ3) is 2.17. The van der Waals surface area contributed by atoms with Crippen molar-refractivity contribution in [3.8, 4) is 0 Å². The fourth-order valence-corrected chi connectivity index (χ4v) is 1.62. The molecule has 0 aromatic heterocycles. The van der Waals surface area contributed by atoms with Crippen molar-refractivity contribution in [3.05, 3.63) is 10.2 Å². The highest BCUT2D eigenvalue weighted by Crippen LogP contribution is 2.27. The van der Waals surface area contributed by atoms with Crippen molar-refractivity contribution in [2.45, 2.75) is 26.2 Å². The van der Waals surface area contributed by atoms with Crippen LogP contribution in [-0.4, -0.2) is 11.8 Å². The van der Waals surface area contributed by atoms with E-state index in [4.69, 9.17) is 4.74 Å². The van der Waals surface area contributed by atoms with Crippen LogP contribution in [0.1, 0.15) is 26.2 Å². The van der Waals surface area contributed by atoms with Crippen molar-refractivity contribution >= 4 is 27.7 Å². The minimum atomic E-state index is -0.447. The summed E-state index contributed by atoms with van der Waals surface area (Å²) in [5, 5.41) is 0. The molecule has 0 heterocycles. The van der Waals surface area contributed by atoms with Crippen molar-refractivity contribution in [1.29, 1.82) is 0 Å². The molecule has 0 N–H and O–H groups in total. The number of Topliss-reactive ketones (excluding diaryl/α,β-unsaturated/α-hetero) is 1. The van der Waals surface area contributed by atoms with E-state index in [9.17, 15) is 9.59 Å². The summed E-state index contributed by atoms with van der Waals surface area (Å²) in [4.78, 5) is 21.7. The highest BCUT2D eigenvalue weighted by Gasteiger charge is 2.21. The van der Waals surface area contributed by atoms with E-state index in [1.54, 1.807) is 0 Å². The summed E-state index contributed by atoms with van der Waals surface area (Å²) in [6, 6.07) is 0. The Morgan fingerprint density at radius 3 is 2.67 bits per heavy atom. The van der Waals surface area contributed by atoms with Crippen LogP contribution in [0.4, 0.5) is 0 Å². The summed E-state index contributed by atoms with van der Waals surface area (Å²) < 4.78 is 5.46. The van der Waals surface area contributed by atoms with Gasteiger partial charge in [-0.15, -0.1) is 0 Å². The molecule has 0 unspecified atom stereocenters. The number of hydrogen-bond donors (Lipinski definition) is 0. The van der Waals surface area contributed by atoms with Gasteiger partial charge < -0.3 is 4.74 Å². The molecule has 1 rings (SSSR count). The fourth-order valence-electron chi connectivity index (χ4n) is 1.04. The van der Waals surface area contributed by atoms with Gasteiger partial charge >= 0.3 is 5.97 Å². The van der Waals surface area contributed by atoms with Gasteiger partial charge in [0.05, 0.1) is 0 Å². The Balaban J connectivity index is 2.81. The van der Waals surface area contributed by atoms with Gasteiger partial charge in [0.2, 0.25) is 0 Å². The number of esters is 1. The second-order valence-corrected chi connectivity index (χ2v) is 3.56.